The largest absolute Gasteiger partial charge is 0.456 e. The van der Waals surface area contributed by atoms with Gasteiger partial charge in [0, 0.05) is 24.7 Å². The molecule has 0 spiro atoms. The Morgan fingerprint density at radius 1 is 1.10 bits per heavy atom. The third kappa shape index (κ3) is 5.03. The minimum atomic E-state index is -0.344. The second kappa shape index (κ2) is 10.3. The Bertz CT molecular complexity index is 948. The first kappa shape index (κ1) is 21.9. The molecule has 0 aliphatic rings. The van der Waals surface area contributed by atoms with Gasteiger partial charge in [-0.05, 0) is 60.4 Å². The highest BCUT2D eigenvalue weighted by atomic mass is 16.5. The third-order valence-electron chi connectivity index (χ3n) is 5.63. The van der Waals surface area contributed by atoms with Gasteiger partial charge in [-0.1, -0.05) is 44.2 Å². The lowest BCUT2D eigenvalue weighted by Gasteiger charge is -2.06. The van der Waals surface area contributed by atoms with Crippen molar-refractivity contribution in [1.82, 2.24) is 9.55 Å². The molecular formula is C25H32N2O3. The first-order chi connectivity index (χ1) is 14.6. The predicted molar refractivity (Wildman–Crippen MR) is 119 cm³/mol. The van der Waals surface area contributed by atoms with Crippen LogP contribution >= 0.6 is 0 Å². The molecule has 2 N–H and O–H groups in total. The lowest BCUT2D eigenvalue weighted by Crippen LogP contribution is -2.07. The molecule has 0 fully saturated rings. The zero-order chi connectivity index (χ0) is 21.5. The van der Waals surface area contributed by atoms with Gasteiger partial charge in [-0.2, -0.15) is 0 Å². The van der Waals surface area contributed by atoms with Crippen LogP contribution < -0.4 is 0 Å². The summed E-state index contributed by atoms with van der Waals surface area (Å²) in [5, 5.41) is 9.32. The Kier molecular flexibility index (Phi) is 7.52. The van der Waals surface area contributed by atoms with E-state index in [1.165, 1.54) is 11.1 Å². The van der Waals surface area contributed by atoms with E-state index in [4.69, 9.17) is 4.74 Å². The molecule has 3 aromatic rings. The van der Waals surface area contributed by atoms with Gasteiger partial charge < -0.3 is 19.4 Å². The molecule has 160 valence electrons. The van der Waals surface area contributed by atoms with Crippen molar-refractivity contribution in [3.05, 3.63) is 81.9 Å². The fourth-order valence-electron chi connectivity index (χ4n) is 3.94. The molecule has 5 nitrogen and oxygen atoms in total. The van der Waals surface area contributed by atoms with Crippen molar-refractivity contribution >= 4 is 5.97 Å². The number of nitrogens with one attached hydrogen (secondary N) is 1. The van der Waals surface area contributed by atoms with Gasteiger partial charge in [-0.15, -0.1) is 0 Å². The molecule has 1 aromatic carbocycles. The van der Waals surface area contributed by atoms with Crippen molar-refractivity contribution in [3.8, 4) is 0 Å². The number of aliphatic hydroxyl groups is 1. The summed E-state index contributed by atoms with van der Waals surface area (Å²) in [6.45, 7) is 7.34. The second-order valence-electron chi connectivity index (χ2n) is 7.66. The van der Waals surface area contributed by atoms with E-state index < -0.39 is 0 Å². The second-order valence-corrected chi connectivity index (χ2v) is 7.66. The molecular weight excluding hydrogens is 376 g/mol. The van der Waals surface area contributed by atoms with Gasteiger partial charge in [0.1, 0.15) is 12.3 Å². The number of ether oxygens (including phenoxy) is 1. The van der Waals surface area contributed by atoms with Crippen molar-refractivity contribution in [1.29, 1.82) is 0 Å². The summed E-state index contributed by atoms with van der Waals surface area (Å²) in [7, 11) is 0. The molecule has 0 saturated heterocycles. The molecule has 0 saturated carbocycles. The number of aromatic amines is 1. The van der Waals surface area contributed by atoms with E-state index in [-0.39, 0.29) is 19.2 Å². The number of aliphatic hydroxyl groups excluding tert-OH is 1. The molecule has 0 unspecified atom stereocenters. The Balaban J connectivity index is 1.83. The van der Waals surface area contributed by atoms with Crippen LogP contribution in [0.15, 0.2) is 42.7 Å². The highest BCUT2D eigenvalue weighted by Gasteiger charge is 2.20. The maximum Gasteiger partial charge on any atom is 0.355 e. The van der Waals surface area contributed by atoms with E-state index in [2.05, 4.69) is 35.8 Å². The maximum atomic E-state index is 12.8. The van der Waals surface area contributed by atoms with Crippen LogP contribution in [0.4, 0.5) is 0 Å². The average molecular weight is 409 g/mol. The lowest BCUT2D eigenvalue weighted by atomic mass is 10.0. The fraction of sp³-hybridized carbons (Fsp3) is 0.400. The predicted octanol–water partition coefficient (Wildman–Crippen LogP) is 4.58. The van der Waals surface area contributed by atoms with Crippen molar-refractivity contribution < 1.29 is 14.6 Å². The third-order valence-corrected chi connectivity index (χ3v) is 5.63. The molecule has 0 aliphatic heterocycles. The highest BCUT2D eigenvalue weighted by molar-refractivity contribution is 5.89. The van der Waals surface area contributed by atoms with Crippen LogP contribution in [-0.2, 0) is 37.2 Å². The minimum Gasteiger partial charge on any atom is -0.456 e. The van der Waals surface area contributed by atoms with E-state index >= 15 is 0 Å². The number of esters is 1. The molecule has 0 radical (unpaired) electrons. The van der Waals surface area contributed by atoms with Gasteiger partial charge in [0.25, 0.3) is 0 Å². The maximum absolute atomic E-state index is 12.8. The smallest absolute Gasteiger partial charge is 0.355 e. The van der Waals surface area contributed by atoms with Crippen molar-refractivity contribution in [2.75, 3.05) is 6.61 Å². The molecule has 2 aromatic heterocycles. The van der Waals surface area contributed by atoms with Crippen LogP contribution in [-0.4, -0.2) is 27.2 Å². The zero-order valence-electron chi connectivity index (χ0n) is 18.2. The van der Waals surface area contributed by atoms with Crippen LogP contribution in [0.2, 0.25) is 0 Å². The van der Waals surface area contributed by atoms with E-state index in [1.54, 1.807) is 0 Å². The molecule has 30 heavy (non-hydrogen) atoms. The SMILES string of the molecule is CCc1cn(Cc2[nH]c(C(=O)OCc3ccccc3)c(C)c2CCCO)cc1CC. The van der Waals surface area contributed by atoms with Crippen LogP contribution in [0, 0.1) is 6.92 Å². The lowest BCUT2D eigenvalue weighted by molar-refractivity contribution is 0.0465. The molecule has 5 heteroatoms. The van der Waals surface area contributed by atoms with Crippen LogP contribution in [0.25, 0.3) is 0 Å². The van der Waals surface area contributed by atoms with Gasteiger partial charge in [0.2, 0.25) is 0 Å². The zero-order valence-corrected chi connectivity index (χ0v) is 18.2. The van der Waals surface area contributed by atoms with E-state index in [9.17, 15) is 9.90 Å². The summed E-state index contributed by atoms with van der Waals surface area (Å²) in [4.78, 5) is 16.1. The topological polar surface area (TPSA) is 67.2 Å². The molecule has 3 rings (SSSR count). The number of benzene rings is 1. The minimum absolute atomic E-state index is 0.126. The van der Waals surface area contributed by atoms with Gasteiger partial charge in [0.15, 0.2) is 0 Å². The van der Waals surface area contributed by atoms with Crippen LogP contribution in [0.1, 0.15) is 64.3 Å². The van der Waals surface area contributed by atoms with Gasteiger partial charge in [-0.3, -0.25) is 0 Å². The first-order valence-corrected chi connectivity index (χ1v) is 10.8. The number of carbonyl (C=O) groups is 1. The normalized spacial score (nSPS) is 11.1. The quantitative estimate of drug-likeness (QED) is 0.483. The number of aryl methyl sites for hydroxylation is 2. The number of carbonyl (C=O) groups excluding carboxylic acids is 1. The van der Waals surface area contributed by atoms with Crippen molar-refractivity contribution in [3.63, 3.8) is 0 Å². The average Bonchev–Trinajstić information content (AvgIpc) is 3.31. The number of hydrogen-bond donors (Lipinski definition) is 2. The summed E-state index contributed by atoms with van der Waals surface area (Å²) < 4.78 is 7.73. The molecule has 0 bridgehead atoms. The van der Waals surface area contributed by atoms with E-state index in [0.29, 0.717) is 18.7 Å². The van der Waals surface area contributed by atoms with Gasteiger partial charge in [0.05, 0.1) is 6.54 Å². The Labute approximate surface area is 178 Å². The first-order valence-electron chi connectivity index (χ1n) is 10.8. The summed E-state index contributed by atoms with van der Waals surface area (Å²) in [5.41, 5.74) is 7.21. The monoisotopic (exact) mass is 408 g/mol. The number of rotatable bonds is 10. The van der Waals surface area contributed by atoms with E-state index in [0.717, 1.165) is 41.6 Å². The highest BCUT2D eigenvalue weighted by Crippen LogP contribution is 2.23. The Morgan fingerprint density at radius 2 is 1.77 bits per heavy atom. The van der Waals surface area contributed by atoms with E-state index in [1.807, 2.05) is 37.3 Å². The fourth-order valence-corrected chi connectivity index (χ4v) is 3.94. The standard InChI is InChI=1S/C25H32N2O3/c1-4-20-14-27(15-21(20)5-2)16-23-22(12-9-13-28)18(3)24(26-23)25(29)30-17-19-10-7-6-8-11-19/h6-8,10-11,14-15,26,28H,4-5,9,12-13,16-17H2,1-3H3. The summed E-state index contributed by atoms with van der Waals surface area (Å²) >= 11 is 0. The van der Waals surface area contributed by atoms with Crippen molar-refractivity contribution in [2.45, 2.75) is 59.6 Å². The van der Waals surface area contributed by atoms with Crippen molar-refractivity contribution in [2.24, 2.45) is 0 Å². The summed E-state index contributed by atoms with van der Waals surface area (Å²) in [6, 6.07) is 9.68. The molecule has 2 heterocycles. The number of aromatic nitrogens is 2. The molecule has 0 amide bonds. The number of nitrogens with zero attached hydrogens (tertiary/aromatic N) is 1. The number of H-pyrrole nitrogens is 1. The number of hydrogen-bond acceptors (Lipinski definition) is 3. The van der Waals surface area contributed by atoms with Crippen LogP contribution in [0.5, 0.6) is 0 Å². The molecule has 0 aliphatic carbocycles. The van der Waals surface area contributed by atoms with Gasteiger partial charge in [-0.25, -0.2) is 4.79 Å². The van der Waals surface area contributed by atoms with Gasteiger partial charge >= 0.3 is 5.97 Å². The summed E-state index contributed by atoms with van der Waals surface area (Å²) in [5.74, 6) is -0.344. The Morgan fingerprint density at radius 3 is 2.37 bits per heavy atom. The summed E-state index contributed by atoms with van der Waals surface area (Å²) in [6.07, 6.45) is 7.79. The molecule has 0 atom stereocenters. The van der Waals surface area contributed by atoms with Crippen LogP contribution in [0.3, 0.4) is 0 Å². The Hall–Kier alpha value is -2.79.